The molecule has 0 aliphatic carbocycles. The summed E-state index contributed by atoms with van der Waals surface area (Å²) in [5.41, 5.74) is 1.63. The van der Waals surface area contributed by atoms with Gasteiger partial charge in [0.1, 0.15) is 5.82 Å². The zero-order valence-electron chi connectivity index (χ0n) is 15.4. The predicted molar refractivity (Wildman–Crippen MR) is 104 cm³/mol. The van der Waals surface area contributed by atoms with E-state index in [1.54, 1.807) is 16.6 Å². The first-order valence-electron chi connectivity index (χ1n) is 9.17. The Morgan fingerprint density at radius 2 is 2.11 bits per heavy atom. The predicted octanol–water partition coefficient (Wildman–Crippen LogP) is 3.34. The van der Waals surface area contributed by atoms with E-state index in [2.05, 4.69) is 20.3 Å². The Kier molecular flexibility index (Phi) is 4.82. The zero-order valence-corrected chi connectivity index (χ0v) is 16.2. The van der Waals surface area contributed by atoms with Crippen LogP contribution in [0.2, 0.25) is 0 Å². The lowest BCUT2D eigenvalue weighted by atomic mass is 9.97. The lowest BCUT2D eigenvalue weighted by molar-refractivity contribution is -0.125. The molecule has 1 saturated heterocycles. The fraction of sp³-hybridized carbons (Fsp3) is 0.421. The van der Waals surface area contributed by atoms with E-state index in [9.17, 15) is 9.18 Å². The first-order chi connectivity index (χ1) is 13.0. The molecule has 1 aliphatic heterocycles. The molecule has 27 heavy (non-hydrogen) atoms. The number of benzene rings is 1. The van der Waals surface area contributed by atoms with Crippen LogP contribution in [0.25, 0.3) is 16.2 Å². The Morgan fingerprint density at radius 3 is 2.81 bits per heavy atom. The number of anilines is 1. The molecule has 1 aliphatic rings. The van der Waals surface area contributed by atoms with Gasteiger partial charge in [-0.25, -0.2) is 13.9 Å². The molecule has 1 aromatic carbocycles. The number of carbonyl (C=O) groups excluding carboxylic acids is 1. The number of hydrogen-bond acceptors (Lipinski definition) is 5. The van der Waals surface area contributed by atoms with Crippen molar-refractivity contribution in [1.82, 2.24) is 19.9 Å². The molecule has 0 bridgehead atoms. The number of imidazole rings is 1. The van der Waals surface area contributed by atoms with Gasteiger partial charge in [-0.3, -0.25) is 4.79 Å². The highest BCUT2D eigenvalue weighted by Crippen LogP contribution is 2.29. The number of aromatic nitrogens is 3. The normalized spacial score (nSPS) is 17.6. The van der Waals surface area contributed by atoms with Gasteiger partial charge in [-0.1, -0.05) is 11.3 Å². The van der Waals surface area contributed by atoms with Crippen LogP contribution in [0.15, 0.2) is 30.5 Å². The summed E-state index contributed by atoms with van der Waals surface area (Å²) in [6.45, 7) is 5.53. The van der Waals surface area contributed by atoms with E-state index in [1.165, 1.54) is 23.5 Å². The standard InChI is InChI=1S/C19H22FN5OS/c1-12(2)21-17(26)14-4-3-9-24(10-14)19-23-25-11-16(22-18(25)27-19)13-5-7-15(20)8-6-13/h5-8,11-12,14H,3-4,9-10H2,1-2H3,(H,21,26)/t14-/m0/s1. The second kappa shape index (κ2) is 7.26. The Labute approximate surface area is 161 Å². The third-order valence-corrected chi connectivity index (χ3v) is 5.65. The second-order valence-electron chi connectivity index (χ2n) is 7.19. The second-order valence-corrected chi connectivity index (χ2v) is 8.13. The highest BCUT2D eigenvalue weighted by Gasteiger charge is 2.28. The van der Waals surface area contributed by atoms with Gasteiger partial charge in [-0.15, -0.1) is 5.10 Å². The number of hydrogen-bond donors (Lipinski definition) is 1. The SMILES string of the molecule is CC(C)NC(=O)[C@H]1CCCN(c2nn3cc(-c4ccc(F)cc4)nc3s2)C1. The van der Waals surface area contributed by atoms with Gasteiger partial charge < -0.3 is 10.2 Å². The van der Waals surface area contributed by atoms with Crippen molar-refractivity contribution in [1.29, 1.82) is 0 Å². The smallest absolute Gasteiger partial charge is 0.225 e. The molecule has 1 atom stereocenters. The summed E-state index contributed by atoms with van der Waals surface area (Å²) in [7, 11) is 0. The highest BCUT2D eigenvalue weighted by atomic mass is 32.1. The summed E-state index contributed by atoms with van der Waals surface area (Å²) in [5.74, 6) is -0.150. The fourth-order valence-electron chi connectivity index (χ4n) is 3.34. The lowest BCUT2D eigenvalue weighted by Gasteiger charge is -2.31. The Balaban J connectivity index is 1.51. The Bertz CT molecular complexity index is 917. The van der Waals surface area contributed by atoms with Gasteiger partial charge in [-0.05, 0) is 51.0 Å². The quantitative estimate of drug-likeness (QED) is 0.746. The third-order valence-electron chi connectivity index (χ3n) is 4.67. The molecule has 2 aromatic heterocycles. The van der Waals surface area contributed by atoms with Crippen molar-refractivity contribution in [2.75, 3.05) is 18.0 Å². The minimum atomic E-state index is -0.263. The minimum absolute atomic E-state index is 0.00727. The number of halogens is 1. The average molecular weight is 387 g/mol. The average Bonchev–Trinajstić information content (AvgIpc) is 3.21. The van der Waals surface area contributed by atoms with E-state index in [-0.39, 0.29) is 23.7 Å². The third kappa shape index (κ3) is 3.80. The van der Waals surface area contributed by atoms with Crippen LogP contribution in [0.5, 0.6) is 0 Å². The van der Waals surface area contributed by atoms with E-state index in [0.717, 1.165) is 40.7 Å². The maximum Gasteiger partial charge on any atom is 0.225 e. The van der Waals surface area contributed by atoms with Crippen LogP contribution in [0.1, 0.15) is 26.7 Å². The van der Waals surface area contributed by atoms with Gasteiger partial charge in [0.25, 0.3) is 0 Å². The van der Waals surface area contributed by atoms with Gasteiger partial charge in [0.2, 0.25) is 16.0 Å². The molecule has 0 spiro atoms. The van der Waals surface area contributed by atoms with Gasteiger partial charge in [-0.2, -0.15) is 0 Å². The summed E-state index contributed by atoms with van der Waals surface area (Å²) >= 11 is 1.51. The summed E-state index contributed by atoms with van der Waals surface area (Å²) in [4.78, 5) is 19.9. The molecule has 4 rings (SSSR count). The number of fused-ring (bicyclic) bond motifs is 1. The van der Waals surface area contributed by atoms with E-state index in [1.807, 2.05) is 20.0 Å². The van der Waals surface area contributed by atoms with Crippen LogP contribution in [0.4, 0.5) is 9.52 Å². The molecule has 142 valence electrons. The number of amides is 1. The fourth-order valence-corrected chi connectivity index (χ4v) is 4.26. The Hall–Kier alpha value is -2.48. The van der Waals surface area contributed by atoms with Crippen molar-refractivity contribution in [3.63, 3.8) is 0 Å². The van der Waals surface area contributed by atoms with Crippen molar-refractivity contribution >= 4 is 27.3 Å². The van der Waals surface area contributed by atoms with Gasteiger partial charge in [0.15, 0.2) is 0 Å². The maximum atomic E-state index is 13.1. The largest absolute Gasteiger partial charge is 0.354 e. The first-order valence-corrected chi connectivity index (χ1v) is 9.99. The summed E-state index contributed by atoms with van der Waals surface area (Å²) in [5, 5.41) is 8.54. The van der Waals surface area contributed by atoms with Gasteiger partial charge in [0, 0.05) is 24.7 Å². The highest BCUT2D eigenvalue weighted by molar-refractivity contribution is 7.20. The van der Waals surface area contributed by atoms with Crippen molar-refractivity contribution in [3.8, 4) is 11.3 Å². The van der Waals surface area contributed by atoms with Crippen LogP contribution in [-0.2, 0) is 4.79 Å². The van der Waals surface area contributed by atoms with Gasteiger partial charge in [0.05, 0.1) is 17.8 Å². The van der Waals surface area contributed by atoms with Crippen LogP contribution in [0.3, 0.4) is 0 Å². The number of rotatable bonds is 4. The van der Waals surface area contributed by atoms with Crippen molar-refractivity contribution in [3.05, 3.63) is 36.3 Å². The molecular formula is C19H22FN5OS. The van der Waals surface area contributed by atoms with E-state index < -0.39 is 0 Å². The number of nitrogens with one attached hydrogen (secondary N) is 1. The maximum absolute atomic E-state index is 13.1. The minimum Gasteiger partial charge on any atom is -0.354 e. The first kappa shape index (κ1) is 17.9. The molecule has 1 fully saturated rings. The number of nitrogens with zero attached hydrogens (tertiary/aromatic N) is 4. The molecule has 0 radical (unpaired) electrons. The van der Waals surface area contributed by atoms with Crippen LogP contribution >= 0.6 is 11.3 Å². The van der Waals surface area contributed by atoms with Crippen LogP contribution in [0, 0.1) is 11.7 Å². The molecule has 8 heteroatoms. The van der Waals surface area contributed by atoms with Crippen molar-refractivity contribution in [2.45, 2.75) is 32.7 Å². The van der Waals surface area contributed by atoms with E-state index in [4.69, 9.17) is 0 Å². The Morgan fingerprint density at radius 1 is 1.33 bits per heavy atom. The molecule has 6 nitrogen and oxygen atoms in total. The molecule has 0 unspecified atom stereocenters. The van der Waals surface area contributed by atoms with Crippen LogP contribution in [-0.4, -0.2) is 39.6 Å². The number of piperidine rings is 1. The van der Waals surface area contributed by atoms with Gasteiger partial charge >= 0.3 is 0 Å². The van der Waals surface area contributed by atoms with Crippen molar-refractivity contribution in [2.24, 2.45) is 5.92 Å². The summed E-state index contributed by atoms with van der Waals surface area (Å²) < 4.78 is 14.9. The molecule has 3 heterocycles. The zero-order chi connectivity index (χ0) is 19.0. The molecular weight excluding hydrogens is 365 g/mol. The summed E-state index contributed by atoms with van der Waals surface area (Å²) in [6, 6.07) is 6.44. The number of carbonyl (C=O) groups is 1. The topological polar surface area (TPSA) is 62.5 Å². The molecule has 0 saturated carbocycles. The lowest BCUT2D eigenvalue weighted by Crippen LogP contribution is -2.44. The van der Waals surface area contributed by atoms with Crippen LogP contribution < -0.4 is 10.2 Å². The molecule has 3 aromatic rings. The summed E-state index contributed by atoms with van der Waals surface area (Å²) in [6.07, 6.45) is 3.74. The van der Waals surface area contributed by atoms with E-state index in [0.29, 0.717) is 6.54 Å². The molecule has 1 amide bonds. The molecule has 1 N–H and O–H groups in total. The van der Waals surface area contributed by atoms with Crippen molar-refractivity contribution < 1.29 is 9.18 Å². The van der Waals surface area contributed by atoms with E-state index >= 15 is 0 Å². The monoisotopic (exact) mass is 387 g/mol.